The van der Waals surface area contributed by atoms with Crippen LogP contribution in [0.2, 0.25) is 0 Å². The lowest BCUT2D eigenvalue weighted by molar-refractivity contribution is -0.148. The SMILES string of the molecule is COC(=O)c1cc(OC)c(OC)cc1NCC(=O)N1CCC(C(=O)OC)CC1. The number of hydrogen-bond acceptors (Lipinski definition) is 8. The molecule has 1 aromatic rings. The number of nitrogens with one attached hydrogen (secondary N) is 1. The van der Waals surface area contributed by atoms with Crippen molar-refractivity contribution in [3.63, 3.8) is 0 Å². The standard InChI is InChI=1S/C19H26N2O7/c1-25-15-9-13(19(24)28-4)14(10-16(15)26-2)20-11-17(22)21-7-5-12(6-8-21)18(23)27-3/h9-10,12,20H,5-8,11H2,1-4H3. The second-order valence-corrected chi connectivity index (χ2v) is 6.28. The number of hydrogen-bond donors (Lipinski definition) is 1. The third-order valence-electron chi connectivity index (χ3n) is 4.74. The van der Waals surface area contributed by atoms with E-state index in [0.717, 1.165) is 0 Å². The zero-order chi connectivity index (χ0) is 20.7. The van der Waals surface area contributed by atoms with Gasteiger partial charge in [-0.2, -0.15) is 0 Å². The van der Waals surface area contributed by atoms with Crippen LogP contribution in [0, 0.1) is 5.92 Å². The molecule has 9 heteroatoms. The highest BCUT2D eigenvalue weighted by molar-refractivity contribution is 5.97. The van der Waals surface area contributed by atoms with E-state index in [0.29, 0.717) is 43.1 Å². The van der Waals surface area contributed by atoms with Gasteiger partial charge in [-0.1, -0.05) is 0 Å². The van der Waals surface area contributed by atoms with Crippen LogP contribution in [0.25, 0.3) is 0 Å². The number of rotatable bonds is 7. The lowest BCUT2D eigenvalue weighted by atomic mass is 9.97. The molecule has 154 valence electrons. The van der Waals surface area contributed by atoms with Crippen LogP contribution in [0.5, 0.6) is 11.5 Å². The lowest BCUT2D eigenvalue weighted by Crippen LogP contribution is -2.43. The summed E-state index contributed by atoms with van der Waals surface area (Å²) in [7, 11) is 5.59. The van der Waals surface area contributed by atoms with Crippen LogP contribution in [0.4, 0.5) is 5.69 Å². The molecule has 1 N–H and O–H groups in total. The Hall–Kier alpha value is -2.97. The fourth-order valence-electron chi connectivity index (χ4n) is 3.12. The van der Waals surface area contributed by atoms with E-state index in [9.17, 15) is 14.4 Å². The molecular formula is C19H26N2O7. The summed E-state index contributed by atoms with van der Waals surface area (Å²) in [6, 6.07) is 3.08. The summed E-state index contributed by atoms with van der Waals surface area (Å²) in [5.74, 6) is -0.297. The summed E-state index contributed by atoms with van der Waals surface area (Å²) in [4.78, 5) is 37.9. The summed E-state index contributed by atoms with van der Waals surface area (Å²) < 4.78 is 20.0. The first kappa shape index (κ1) is 21.3. The van der Waals surface area contributed by atoms with Crippen molar-refractivity contribution in [3.8, 4) is 11.5 Å². The van der Waals surface area contributed by atoms with Crippen LogP contribution in [0.15, 0.2) is 12.1 Å². The van der Waals surface area contributed by atoms with E-state index in [2.05, 4.69) is 5.32 Å². The van der Waals surface area contributed by atoms with Crippen LogP contribution < -0.4 is 14.8 Å². The molecule has 0 unspecified atom stereocenters. The van der Waals surface area contributed by atoms with Gasteiger partial charge in [0.05, 0.1) is 52.2 Å². The maximum absolute atomic E-state index is 12.5. The second kappa shape index (κ2) is 9.82. The summed E-state index contributed by atoms with van der Waals surface area (Å²) in [5, 5.41) is 2.98. The van der Waals surface area contributed by atoms with Crippen LogP contribution >= 0.6 is 0 Å². The van der Waals surface area contributed by atoms with E-state index in [4.69, 9.17) is 18.9 Å². The van der Waals surface area contributed by atoms with Crippen molar-refractivity contribution in [2.24, 2.45) is 5.92 Å². The third kappa shape index (κ3) is 4.85. The van der Waals surface area contributed by atoms with Crippen molar-refractivity contribution < 1.29 is 33.3 Å². The minimum atomic E-state index is -0.560. The lowest BCUT2D eigenvalue weighted by Gasteiger charge is -2.31. The summed E-state index contributed by atoms with van der Waals surface area (Å²) in [6.45, 7) is 0.953. The predicted octanol–water partition coefficient (Wildman–Crippen LogP) is 1.31. The normalized spacial score (nSPS) is 14.2. The van der Waals surface area contributed by atoms with Gasteiger partial charge in [0.25, 0.3) is 0 Å². The second-order valence-electron chi connectivity index (χ2n) is 6.28. The van der Waals surface area contributed by atoms with E-state index in [-0.39, 0.29) is 29.9 Å². The van der Waals surface area contributed by atoms with Gasteiger partial charge in [0.2, 0.25) is 5.91 Å². The zero-order valence-electron chi connectivity index (χ0n) is 16.6. The van der Waals surface area contributed by atoms with Crippen molar-refractivity contribution in [2.75, 3.05) is 53.4 Å². The van der Waals surface area contributed by atoms with E-state index in [1.807, 2.05) is 0 Å². The fourth-order valence-corrected chi connectivity index (χ4v) is 3.12. The largest absolute Gasteiger partial charge is 0.493 e. The molecule has 1 amide bonds. The molecule has 0 aromatic heterocycles. The Labute approximate surface area is 163 Å². The fraction of sp³-hybridized carbons (Fsp3) is 0.526. The van der Waals surface area contributed by atoms with E-state index >= 15 is 0 Å². The molecule has 2 rings (SSSR count). The summed E-state index contributed by atoms with van der Waals surface area (Å²) >= 11 is 0. The molecule has 0 atom stereocenters. The van der Waals surface area contributed by atoms with Gasteiger partial charge in [0.1, 0.15) is 0 Å². The topological polar surface area (TPSA) is 103 Å². The molecule has 0 bridgehead atoms. The molecule has 0 aliphatic carbocycles. The molecule has 1 saturated heterocycles. The average molecular weight is 394 g/mol. The highest BCUT2D eigenvalue weighted by Gasteiger charge is 2.28. The Morgan fingerprint density at radius 1 is 1.00 bits per heavy atom. The Bertz CT molecular complexity index is 727. The number of likely N-dealkylation sites (tertiary alicyclic amines) is 1. The van der Waals surface area contributed by atoms with Gasteiger partial charge in [-0.15, -0.1) is 0 Å². The van der Waals surface area contributed by atoms with Crippen LogP contribution in [-0.4, -0.2) is 70.8 Å². The van der Waals surface area contributed by atoms with Crippen LogP contribution in [0.1, 0.15) is 23.2 Å². The number of carbonyl (C=O) groups is 3. The molecule has 9 nitrogen and oxygen atoms in total. The number of ether oxygens (including phenoxy) is 4. The van der Waals surface area contributed by atoms with Gasteiger partial charge in [-0.25, -0.2) is 4.79 Å². The number of esters is 2. The highest BCUT2D eigenvalue weighted by Crippen LogP contribution is 2.33. The van der Waals surface area contributed by atoms with Gasteiger partial charge in [0, 0.05) is 25.2 Å². The van der Waals surface area contributed by atoms with Gasteiger partial charge in [0.15, 0.2) is 11.5 Å². The molecule has 0 saturated carbocycles. The quantitative estimate of drug-likeness (QED) is 0.691. The van der Waals surface area contributed by atoms with Gasteiger partial charge in [-0.05, 0) is 12.8 Å². The number of anilines is 1. The molecule has 28 heavy (non-hydrogen) atoms. The van der Waals surface area contributed by atoms with Crippen molar-refractivity contribution in [1.29, 1.82) is 0 Å². The molecule has 1 heterocycles. The minimum Gasteiger partial charge on any atom is -0.493 e. The predicted molar refractivity (Wildman–Crippen MR) is 101 cm³/mol. The van der Waals surface area contributed by atoms with Gasteiger partial charge in [-0.3, -0.25) is 9.59 Å². The maximum Gasteiger partial charge on any atom is 0.340 e. The maximum atomic E-state index is 12.5. The van der Waals surface area contributed by atoms with Crippen molar-refractivity contribution in [2.45, 2.75) is 12.8 Å². The third-order valence-corrected chi connectivity index (χ3v) is 4.74. The van der Waals surface area contributed by atoms with Crippen LogP contribution in [0.3, 0.4) is 0 Å². The number of methoxy groups -OCH3 is 4. The van der Waals surface area contributed by atoms with E-state index in [1.165, 1.54) is 34.5 Å². The smallest absolute Gasteiger partial charge is 0.340 e. The molecular weight excluding hydrogens is 368 g/mol. The molecule has 1 aliphatic rings. The van der Waals surface area contributed by atoms with Crippen molar-refractivity contribution in [3.05, 3.63) is 17.7 Å². The molecule has 1 aliphatic heterocycles. The molecule has 1 aromatic carbocycles. The van der Waals surface area contributed by atoms with Crippen molar-refractivity contribution >= 4 is 23.5 Å². The molecule has 1 fully saturated rings. The number of benzene rings is 1. The first-order valence-corrected chi connectivity index (χ1v) is 8.88. The van der Waals surface area contributed by atoms with E-state index in [1.54, 1.807) is 11.0 Å². The van der Waals surface area contributed by atoms with Gasteiger partial charge >= 0.3 is 11.9 Å². The number of nitrogens with zero attached hydrogens (tertiary/aromatic N) is 1. The first-order valence-electron chi connectivity index (χ1n) is 8.88. The average Bonchev–Trinajstić information content (AvgIpc) is 2.75. The number of carbonyl (C=O) groups excluding carboxylic acids is 3. The number of piperidine rings is 1. The summed E-state index contributed by atoms with van der Waals surface area (Å²) in [6.07, 6.45) is 1.14. The highest BCUT2D eigenvalue weighted by atomic mass is 16.5. The monoisotopic (exact) mass is 394 g/mol. The minimum absolute atomic E-state index is 0.0115. The van der Waals surface area contributed by atoms with Crippen LogP contribution in [-0.2, 0) is 19.1 Å². The Kier molecular flexibility index (Phi) is 7.48. The van der Waals surface area contributed by atoms with Crippen molar-refractivity contribution in [1.82, 2.24) is 4.90 Å². The molecule has 0 spiro atoms. The van der Waals surface area contributed by atoms with E-state index < -0.39 is 5.97 Å². The number of amides is 1. The first-order chi connectivity index (χ1) is 13.4. The van der Waals surface area contributed by atoms with Gasteiger partial charge < -0.3 is 29.2 Å². The Balaban J connectivity index is 2.06. The zero-order valence-corrected chi connectivity index (χ0v) is 16.6. The molecule has 0 radical (unpaired) electrons. The Morgan fingerprint density at radius 3 is 2.14 bits per heavy atom. The Morgan fingerprint density at radius 2 is 1.61 bits per heavy atom. The summed E-state index contributed by atoms with van der Waals surface area (Å²) in [5.41, 5.74) is 0.639.